The summed E-state index contributed by atoms with van der Waals surface area (Å²) in [6.45, 7) is 0. The summed E-state index contributed by atoms with van der Waals surface area (Å²) in [5.74, 6) is 6.81. The average Bonchev–Trinajstić information content (AvgIpc) is 3.11. The summed E-state index contributed by atoms with van der Waals surface area (Å²) in [5.41, 5.74) is 5.05. The van der Waals surface area contributed by atoms with Crippen LogP contribution in [0.4, 0.5) is 0 Å². The number of allylic oxidation sites excluding steroid dienone is 3. The lowest BCUT2D eigenvalue weighted by Gasteiger charge is -2.07. The van der Waals surface area contributed by atoms with Crippen molar-refractivity contribution in [2.75, 3.05) is 0 Å². The number of hydrogen-bond acceptors (Lipinski definition) is 6. The van der Waals surface area contributed by atoms with Gasteiger partial charge in [0.1, 0.15) is 0 Å². The third kappa shape index (κ3) is 6.16. The molecule has 10 bridgehead atoms. The largest absolute Gasteiger partial charge is 0.285 e. The van der Waals surface area contributed by atoms with E-state index in [0.29, 0.717) is 22.3 Å². The Morgan fingerprint density at radius 1 is 0.413 bits per heavy atom. The monoisotopic (exact) mass is 596 g/mol. The van der Waals surface area contributed by atoms with Crippen molar-refractivity contribution in [2.45, 2.75) is 6.42 Å². The first kappa shape index (κ1) is 29.4. The zero-order valence-corrected chi connectivity index (χ0v) is 24.0. The third-order valence-corrected chi connectivity index (χ3v) is 7.24. The summed E-state index contributed by atoms with van der Waals surface area (Å²) in [7, 11) is 0. The van der Waals surface area contributed by atoms with E-state index in [4.69, 9.17) is 0 Å². The number of carbonyl (C=O) groups excluding carboxylic acids is 6. The Balaban J connectivity index is 1.47. The second-order valence-corrected chi connectivity index (χ2v) is 10.4. The van der Waals surface area contributed by atoms with Crippen molar-refractivity contribution in [1.82, 2.24) is 0 Å². The van der Waals surface area contributed by atoms with E-state index in [9.17, 15) is 28.8 Å². The minimum Gasteiger partial charge on any atom is -0.285 e. The first-order valence-corrected chi connectivity index (χ1v) is 14.1. The van der Waals surface area contributed by atoms with Crippen molar-refractivity contribution in [3.05, 3.63) is 171 Å². The van der Waals surface area contributed by atoms with Crippen LogP contribution in [0.3, 0.4) is 0 Å². The fourth-order valence-electron chi connectivity index (χ4n) is 4.86. The highest BCUT2D eigenvalue weighted by Gasteiger charge is 2.25. The number of ketones is 6. The van der Waals surface area contributed by atoms with Crippen LogP contribution < -0.4 is 0 Å². The molecular formula is C40H20O6. The summed E-state index contributed by atoms with van der Waals surface area (Å²) < 4.78 is 0. The maximum absolute atomic E-state index is 13.2. The van der Waals surface area contributed by atoms with Crippen LogP contribution >= 0.6 is 0 Å². The maximum Gasteiger partial charge on any atom is 0.237 e. The molecule has 216 valence electrons. The lowest BCUT2D eigenvalue weighted by molar-refractivity contribution is -0.111. The fraction of sp³-hybridized carbons (Fsp3) is 0.0250. The Labute approximate surface area is 263 Å². The molecule has 0 heterocycles. The number of carbonyl (C=O) groups is 6. The Hall–Kier alpha value is -6.72. The van der Waals surface area contributed by atoms with Gasteiger partial charge in [-0.3, -0.25) is 28.8 Å². The minimum absolute atomic E-state index is 0.0691. The van der Waals surface area contributed by atoms with Gasteiger partial charge in [-0.2, -0.15) is 0 Å². The summed E-state index contributed by atoms with van der Waals surface area (Å²) >= 11 is 0. The first-order valence-electron chi connectivity index (χ1n) is 14.1. The summed E-state index contributed by atoms with van der Waals surface area (Å²) in [5, 5.41) is 0. The lowest BCUT2D eigenvalue weighted by Crippen LogP contribution is -2.19. The van der Waals surface area contributed by atoms with Gasteiger partial charge in [0.25, 0.3) is 0 Å². The molecule has 0 saturated heterocycles. The number of fused-ring (bicyclic) bond motifs is 8. The molecule has 0 radical (unpaired) electrons. The Morgan fingerprint density at radius 2 is 0.804 bits per heavy atom. The van der Waals surface area contributed by atoms with Crippen LogP contribution in [0, 0.1) is 23.7 Å². The highest BCUT2D eigenvalue weighted by Crippen LogP contribution is 2.18. The molecule has 6 heteroatoms. The second-order valence-electron chi connectivity index (χ2n) is 10.4. The molecule has 0 aromatic heterocycles. The van der Waals surface area contributed by atoms with E-state index in [1.165, 1.54) is 60.7 Å². The fourth-order valence-corrected chi connectivity index (χ4v) is 4.86. The molecule has 0 unspecified atom stereocenters. The molecule has 0 aliphatic heterocycles. The van der Waals surface area contributed by atoms with Crippen LogP contribution in [0.25, 0.3) is 0 Å². The van der Waals surface area contributed by atoms with Gasteiger partial charge in [0, 0.05) is 50.9 Å². The summed E-state index contributed by atoms with van der Waals surface area (Å²) in [6.07, 6.45) is 3.60. The van der Waals surface area contributed by atoms with Gasteiger partial charge in [-0.25, -0.2) is 0 Å². The summed E-state index contributed by atoms with van der Waals surface area (Å²) in [6, 6.07) is 24.2. The van der Waals surface area contributed by atoms with Gasteiger partial charge in [-0.15, -0.1) is 0 Å². The number of hydrogen-bond donors (Lipinski definition) is 0. The van der Waals surface area contributed by atoms with Gasteiger partial charge < -0.3 is 0 Å². The van der Waals surface area contributed by atoms with Crippen LogP contribution in [0.15, 0.2) is 126 Å². The number of benzene rings is 4. The SMILES string of the molecule is O=C1C(=O)c2cccc(c2)C(=O)C(=O)c2cccc(c2)C(=O)C(=O)c2cccc(c2)C#Cc2cccc(c2)C#CC2=C=C1CC=C2. The van der Waals surface area contributed by atoms with E-state index in [-0.39, 0.29) is 39.8 Å². The van der Waals surface area contributed by atoms with Crippen molar-refractivity contribution in [1.29, 1.82) is 0 Å². The van der Waals surface area contributed by atoms with E-state index < -0.39 is 34.7 Å². The zero-order valence-electron chi connectivity index (χ0n) is 24.0. The third-order valence-electron chi connectivity index (χ3n) is 7.24. The minimum atomic E-state index is -0.948. The van der Waals surface area contributed by atoms with Crippen LogP contribution in [0.1, 0.15) is 74.9 Å². The van der Waals surface area contributed by atoms with E-state index in [2.05, 4.69) is 29.4 Å². The van der Waals surface area contributed by atoms with E-state index in [0.717, 1.165) is 0 Å². The van der Waals surface area contributed by atoms with Gasteiger partial charge in [-0.1, -0.05) is 90.1 Å². The Morgan fingerprint density at radius 3 is 1.33 bits per heavy atom. The van der Waals surface area contributed by atoms with Gasteiger partial charge in [0.2, 0.25) is 34.7 Å². The van der Waals surface area contributed by atoms with Crippen molar-refractivity contribution in [3.63, 3.8) is 0 Å². The van der Waals surface area contributed by atoms with E-state index in [1.807, 2.05) is 0 Å². The molecular weight excluding hydrogens is 576 g/mol. The van der Waals surface area contributed by atoms with Crippen LogP contribution in [-0.2, 0) is 4.79 Å². The Kier molecular flexibility index (Phi) is 7.97. The maximum atomic E-state index is 13.2. The van der Waals surface area contributed by atoms with Crippen LogP contribution in [-0.4, -0.2) is 34.7 Å². The first-order chi connectivity index (χ1) is 22.3. The predicted molar refractivity (Wildman–Crippen MR) is 170 cm³/mol. The predicted octanol–water partition coefficient (Wildman–Crippen LogP) is 5.75. The standard InChI is InChI=1S/C40H20O6/c41-35-29-10-2-8-27(21-29)18-16-25-6-1-7-26(20-25)17-19-28-9-3-11-30(22-28)36(42)38(44)32-13-5-15-34(24-32)40(46)39(45)33-14-4-12-31(23-33)37(35)43/h1-10,12-15,20-21,23-24H,11H2. The number of Topliss-reactive ketones (excluding diaryl/α,β-unsaturated/α-hetero) is 6. The Bertz CT molecular complexity index is 2280. The van der Waals surface area contributed by atoms with Crippen molar-refractivity contribution in [3.8, 4) is 23.7 Å². The molecule has 46 heavy (non-hydrogen) atoms. The van der Waals surface area contributed by atoms with Crippen LogP contribution in [0.2, 0.25) is 0 Å². The quantitative estimate of drug-likeness (QED) is 0.146. The molecule has 0 fully saturated rings. The highest BCUT2D eigenvalue weighted by atomic mass is 16.2. The zero-order chi connectivity index (χ0) is 32.2. The highest BCUT2D eigenvalue weighted by molar-refractivity contribution is 6.52. The molecule has 0 amide bonds. The molecule has 2 aliphatic rings. The smallest absolute Gasteiger partial charge is 0.237 e. The molecule has 4 aromatic rings. The van der Waals surface area contributed by atoms with E-state index >= 15 is 0 Å². The molecule has 6 rings (SSSR count). The van der Waals surface area contributed by atoms with Crippen molar-refractivity contribution in [2.24, 2.45) is 0 Å². The molecule has 4 aromatic carbocycles. The van der Waals surface area contributed by atoms with Crippen molar-refractivity contribution < 1.29 is 28.8 Å². The lowest BCUT2D eigenvalue weighted by atomic mass is 9.93. The molecule has 0 spiro atoms. The van der Waals surface area contributed by atoms with Crippen LogP contribution in [0.5, 0.6) is 0 Å². The second kappa shape index (κ2) is 12.5. The topological polar surface area (TPSA) is 102 Å². The molecule has 2 aliphatic carbocycles. The summed E-state index contributed by atoms with van der Waals surface area (Å²) in [4.78, 5) is 79.0. The normalized spacial score (nSPS) is 14.5. The van der Waals surface area contributed by atoms with Gasteiger partial charge >= 0.3 is 0 Å². The van der Waals surface area contributed by atoms with Gasteiger partial charge in [0.15, 0.2) is 0 Å². The molecule has 0 N–H and O–H groups in total. The average molecular weight is 597 g/mol. The number of rotatable bonds is 0. The van der Waals surface area contributed by atoms with E-state index in [1.54, 1.807) is 48.6 Å². The molecule has 0 saturated carbocycles. The molecule has 0 atom stereocenters. The van der Waals surface area contributed by atoms with Gasteiger partial charge in [0.05, 0.1) is 11.1 Å². The van der Waals surface area contributed by atoms with Crippen molar-refractivity contribution >= 4 is 34.7 Å². The van der Waals surface area contributed by atoms with Gasteiger partial charge in [-0.05, 0) is 48.5 Å². The molecule has 6 nitrogen and oxygen atoms in total.